The van der Waals surface area contributed by atoms with E-state index < -0.39 is 0 Å². The molecule has 156 valence electrons. The molecule has 1 aromatic carbocycles. The van der Waals surface area contributed by atoms with Crippen molar-refractivity contribution in [1.29, 1.82) is 0 Å². The molecule has 0 unspecified atom stereocenters. The summed E-state index contributed by atoms with van der Waals surface area (Å²) in [6.45, 7) is 11.0. The number of rotatable bonds is 10. The summed E-state index contributed by atoms with van der Waals surface area (Å²) in [6.07, 6.45) is 2.14. The Morgan fingerprint density at radius 3 is 2.61 bits per heavy atom. The molecule has 0 saturated heterocycles. The van der Waals surface area contributed by atoms with Crippen molar-refractivity contribution >= 4 is 29.9 Å². The van der Waals surface area contributed by atoms with Gasteiger partial charge in [-0.05, 0) is 44.4 Å². The van der Waals surface area contributed by atoms with Crippen molar-refractivity contribution < 1.29 is 9.26 Å². The largest absolute Gasteiger partial charge is 0.494 e. The molecular weight excluding hydrogens is 467 g/mol. The van der Waals surface area contributed by atoms with Gasteiger partial charge in [-0.1, -0.05) is 31.1 Å². The Balaban J connectivity index is 0.00000392. The highest BCUT2D eigenvalue weighted by atomic mass is 127. The van der Waals surface area contributed by atoms with Gasteiger partial charge in [-0.15, -0.1) is 24.0 Å². The van der Waals surface area contributed by atoms with Gasteiger partial charge in [0.05, 0.1) is 25.4 Å². The Bertz CT molecular complexity index is 714. The molecule has 0 aliphatic rings. The van der Waals surface area contributed by atoms with Crippen LogP contribution in [0.1, 0.15) is 63.5 Å². The third kappa shape index (κ3) is 7.69. The van der Waals surface area contributed by atoms with E-state index in [1.807, 2.05) is 44.2 Å². The third-order valence-corrected chi connectivity index (χ3v) is 4.38. The molecule has 2 aromatic rings. The minimum Gasteiger partial charge on any atom is -0.494 e. The fourth-order valence-corrected chi connectivity index (χ4v) is 2.89. The lowest BCUT2D eigenvalue weighted by Crippen LogP contribution is -2.36. The third-order valence-electron chi connectivity index (χ3n) is 4.38. The van der Waals surface area contributed by atoms with E-state index in [2.05, 4.69) is 34.6 Å². The fourth-order valence-electron chi connectivity index (χ4n) is 2.89. The second-order valence-electron chi connectivity index (χ2n) is 6.36. The summed E-state index contributed by atoms with van der Waals surface area (Å²) in [5.41, 5.74) is 2.14. The highest BCUT2D eigenvalue weighted by molar-refractivity contribution is 14.0. The van der Waals surface area contributed by atoms with Crippen LogP contribution in [0.5, 0.6) is 5.75 Å². The zero-order chi connectivity index (χ0) is 19.5. The van der Waals surface area contributed by atoms with Gasteiger partial charge in [0.25, 0.3) is 0 Å². The normalized spacial score (nSPS) is 11.2. The van der Waals surface area contributed by atoms with E-state index in [1.54, 1.807) is 0 Å². The van der Waals surface area contributed by atoms with Crippen LogP contribution in [0.3, 0.4) is 0 Å². The Labute approximate surface area is 185 Å². The summed E-state index contributed by atoms with van der Waals surface area (Å²) in [6, 6.07) is 10.1. The zero-order valence-electron chi connectivity index (χ0n) is 17.3. The van der Waals surface area contributed by atoms with Crippen LogP contribution in [-0.2, 0) is 13.1 Å². The molecule has 2 N–H and O–H groups in total. The van der Waals surface area contributed by atoms with Gasteiger partial charge in [-0.25, -0.2) is 4.99 Å². The van der Waals surface area contributed by atoms with Crippen LogP contribution in [-0.4, -0.2) is 24.3 Å². The van der Waals surface area contributed by atoms with Gasteiger partial charge in [-0.2, -0.15) is 0 Å². The second-order valence-corrected chi connectivity index (χ2v) is 6.36. The van der Waals surface area contributed by atoms with Crippen LogP contribution >= 0.6 is 24.0 Å². The summed E-state index contributed by atoms with van der Waals surface area (Å²) in [4.78, 5) is 4.65. The number of ether oxygens (including phenoxy) is 1. The van der Waals surface area contributed by atoms with Gasteiger partial charge < -0.3 is 19.9 Å². The van der Waals surface area contributed by atoms with Crippen LogP contribution in [0.25, 0.3) is 0 Å². The smallest absolute Gasteiger partial charge is 0.191 e. The first-order chi connectivity index (χ1) is 13.2. The number of benzene rings is 1. The van der Waals surface area contributed by atoms with Crippen molar-refractivity contribution in [3.05, 3.63) is 47.3 Å². The van der Waals surface area contributed by atoms with Crippen LogP contribution in [0.2, 0.25) is 0 Å². The molecule has 7 heteroatoms. The quantitative estimate of drug-likeness (QED) is 0.277. The van der Waals surface area contributed by atoms with E-state index in [1.165, 1.54) is 0 Å². The first kappa shape index (κ1) is 24.3. The van der Waals surface area contributed by atoms with Gasteiger partial charge in [-0.3, -0.25) is 0 Å². The molecule has 1 heterocycles. The topological polar surface area (TPSA) is 71.7 Å². The first-order valence-corrected chi connectivity index (χ1v) is 9.89. The molecule has 0 atom stereocenters. The summed E-state index contributed by atoms with van der Waals surface area (Å²) in [5, 5.41) is 10.8. The van der Waals surface area contributed by atoms with Gasteiger partial charge >= 0.3 is 0 Å². The lowest BCUT2D eigenvalue weighted by atomic mass is 9.99. The molecule has 0 aliphatic heterocycles. The molecular formula is C21H33IN4O2. The lowest BCUT2D eigenvalue weighted by molar-refractivity contribution is 0.340. The van der Waals surface area contributed by atoms with Crippen LogP contribution in [0.4, 0.5) is 0 Å². The lowest BCUT2D eigenvalue weighted by Gasteiger charge is -2.10. The maximum absolute atomic E-state index is 5.55. The maximum atomic E-state index is 5.55. The SMILES string of the molecule is CCNC(=NCc1cccc(OCC)c1)NCc1cc(C(CC)CC)no1.I. The molecule has 0 aliphatic carbocycles. The van der Waals surface area contributed by atoms with E-state index in [9.17, 15) is 0 Å². The van der Waals surface area contributed by atoms with Gasteiger partial charge in [0.15, 0.2) is 11.7 Å². The van der Waals surface area contributed by atoms with E-state index in [-0.39, 0.29) is 24.0 Å². The van der Waals surface area contributed by atoms with Crippen molar-refractivity contribution in [1.82, 2.24) is 15.8 Å². The Kier molecular flexibility index (Phi) is 11.6. The standard InChI is InChI=1S/C21H32N4O2.HI/c1-5-17(6-2)20-13-19(27-25-20)15-24-21(22-7-3)23-14-16-10-9-11-18(12-16)26-8-4;/h9-13,17H,5-8,14-15H2,1-4H3,(H2,22,23,24);1H. The first-order valence-electron chi connectivity index (χ1n) is 9.89. The van der Waals surface area contributed by atoms with E-state index in [4.69, 9.17) is 9.26 Å². The zero-order valence-corrected chi connectivity index (χ0v) is 19.7. The van der Waals surface area contributed by atoms with Crippen molar-refractivity contribution in [2.75, 3.05) is 13.2 Å². The second kappa shape index (κ2) is 13.4. The molecule has 0 bridgehead atoms. The van der Waals surface area contributed by atoms with Crippen molar-refractivity contribution in [3.63, 3.8) is 0 Å². The van der Waals surface area contributed by atoms with Gasteiger partial charge in [0.2, 0.25) is 0 Å². The average Bonchev–Trinajstić information content (AvgIpc) is 3.14. The molecule has 0 radical (unpaired) electrons. The van der Waals surface area contributed by atoms with Crippen molar-refractivity contribution in [2.24, 2.45) is 4.99 Å². The van der Waals surface area contributed by atoms with Crippen LogP contribution in [0.15, 0.2) is 39.8 Å². The Morgan fingerprint density at radius 2 is 1.93 bits per heavy atom. The number of aliphatic imine (C=N–C) groups is 1. The fraction of sp³-hybridized carbons (Fsp3) is 0.524. The molecule has 2 rings (SSSR count). The molecule has 0 saturated carbocycles. The maximum Gasteiger partial charge on any atom is 0.191 e. The molecule has 0 fully saturated rings. The number of halogens is 1. The number of guanidine groups is 1. The molecule has 28 heavy (non-hydrogen) atoms. The van der Waals surface area contributed by atoms with Crippen LogP contribution < -0.4 is 15.4 Å². The predicted octanol–water partition coefficient (Wildman–Crippen LogP) is 4.85. The Morgan fingerprint density at radius 1 is 1.14 bits per heavy atom. The number of nitrogens with zero attached hydrogens (tertiary/aromatic N) is 2. The van der Waals surface area contributed by atoms with E-state index in [0.717, 1.165) is 48.1 Å². The average molecular weight is 500 g/mol. The van der Waals surface area contributed by atoms with Crippen molar-refractivity contribution in [3.8, 4) is 5.75 Å². The van der Waals surface area contributed by atoms with Gasteiger partial charge in [0, 0.05) is 18.5 Å². The molecule has 1 aromatic heterocycles. The predicted molar refractivity (Wildman–Crippen MR) is 125 cm³/mol. The molecule has 0 amide bonds. The molecule has 0 spiro atoms. The summed E-state index contributed by atoms with van der Waals surface area (Å²) in [7, 11) is 0. The number of hydrogen-bond donors (Lipinski definition) is 2. The highest BCUT2D eigenvalue weighted by Gasteiger charge is 2.13. The van der Waals surface area contributed by atoms with Gasteiger partial charge in [0.1, 0.15) is 5.75 Å². The minimum absolute atomic E-state index is 0. The van der Waals surface area contributed by atoms with Crippen LogP contribution in [0, 0.1) is 0 Å². The summed E-state index contributed by atoms with van der Waals surface area (Å²) in [5.74, 6) is 2.90. The van der Waals surface area contributed by atoms with E-state index >= 15 is 0 Å². The molecule has 6 nitrogen and oxygen atoms in total. The monoisotopic (exact) mass is 500 g/mol. The number of hydrogen-bond acceptors (Lipinski definition) is 4. The number of nitrogens with one attached hydrogen (secondary N) is 2. The number of aromatic nitrogens is 1. The summed E-state index contributed by atoms with van der Waals surface area (Å²) < 4.78 is 11.0. The Hall–Kier alpha value is -1.77. The summed E-state index contributed by atoms with van der Waals surface area (Å²) >= 11 is 0. The highest BCUT2D eigenvalue weighted by Crippen LogP contribution is 2.22. The van der Waals surface area contributed by atoms with Crippen molar-refractivity contribution in [2.45, 2.75) is 59.5 Å². The minimum atomic E-state index is 0. The van der Waals surface area contributed by atoms with E-state index in [0.29, 0.717) is 25.6 Å².